The summed E-state index contributed by atoms with van der Waals surface area (Å²) in [4.78, 5) is 0.144. The number of rotatable bonds is 4. The van der Waals surface area contributed by atoms with E-state index < -0.39 is 9.84 Å². The number of methoxy groups -OCH3 is 1. The molecule has 1 aromatic carbocycles. The lowest BCUT2D eigenvalue weighted by Gasteiger charge is -2.12. The van der Waals surface area contributed by atoms with E-state index in [4.69, 9.17) is 10.5 Å². The number of halogens is 1. The van der Waals surface area contributed by atoms with Crippen molar-refractivity contribution in [3.8, 4) is 0 Å². The van der Waals surface area contributed by atoms with Gasteiger partial charge in [0.25, 0.3) is 0 Å². The highest BCUT2D eigenvalue weighted by atomic mass is 79.9. The summed E-state index contributed by atoms with van der Waals surface area (Å²) in [6.45, 7) is 1.70. The van der Waals surface area contributed by atoms with Gasteiger partial charge >= 0.3 is 0 Å². The Bertz CT molecular complexity index is 473. The van der Waals surface area contributed by atoms with Crippen molar-refractivity contribution >= 4 is 31.5 Å². The first-order valence-electron chi connectivity index (χ1n) is 4.67. The Morgan fingerprint density at radius 2 is 2.12 bits per heavy atom. The maximum Gasteiger partial charge on any atom is 0.182 e. The predicted octanol–water partition coefficient (Wildman–Crippen LogP) is 1.84. The van der Waals surface area contributed by atoms with E-state index in [-0.39, 0.29) is 22.4 Å². The first-order chi connectivity index (χ1) is 7.36. The van der Waals surface area contributed by atoms with Crippen molar-refractivity contribution in [2.24, 2.45) is 0 Å². The lowest BCUT2D eigenvalue weighted by Crippen LogP contribution is -2.20. The summed E-state index contributed by atoms with van der Waals surface area (Å²) in [5.41, 5.74) is 5.91. The highest BCUT2D eigenvalue weighted by molar-refractivity contribution is 9.10. The SMILES string of the molecule is COC(C)CS(=O)(=O)c1cc(Br)ccc1N. The lowest BCUT2D eigenvalue weighted by atomic mass is 10.3. The van der Waals surface area contributed by atoms with Crippen LogP contribution in [0.15, 0.2) is 27.6 Å². The zero-order valence-electron chi connectivity index (χ0n) is 9.10. The fourth-order valence-corrected chi connectivity index (χ4v) is 3.42. The predicted molar refractivity (Wildman–Crippen MR) is 67.1 cm³/mol. The smallest absolute Gasteiger partial charge is 0.182 e. The first kappa shape index (κ1) is 13.5. The van der Waals surface area contributed by atoms with Crippen LogP contribution in [-0.2, 0) is 14.6 Å². The van der Waals surface area contributed by atoms with Crippen LogP contribution in [0.4, 0.5) is 5.69 Å². The minimum Gasteiger partial charge on any atom is -0.398 e. The minimum absolute atomic E-state index is 0.0792. The number of hydrogen-bond donors (Lipinski definition) is 1. The molecule has 0 radical (unpaired) electrons. The number of anilines is 1. The maximum absolute atomic E-state index is 12.0. The van der Waals surface area contributed by atoms with E-state index in [2.05, 4.69) is 15.9 Å². The van der Waals surface area contributed by atoms with Crippen LogP contribution < -0.4 is 5.73 Å². The number of benzene rings is 1. The molecule has 0 saturated carbocycles. The van der Waals surface area contributed by atoms with E-state index in [0.717, 1.165) is 0 Å². The van der Waals surface area contributed by atoms with Crippen molar-refractivity contribution in [3.05, 3.63) is 22.7 Å². The van der Waals surface area contributed by atoms with Crippen LogP contribution in [0.3, 0.4) is 0 Å². The highest BCUT2D eigenvalue weighted by Gasteiger charge is 2.21. The Balaban J connectivity index is 3.12. The summed E-state index contributed by atoms with van der Waals surface area (Å²) in [6, 6.07) is 4.77. The Hall–Kier alpha value is -0.590. The minimum atomic E-state index is -3.40. The summed E-state index contributed by atoms with van der Waals surface area (Å²) >= 11 is 3.22. The molecule has 0 aliphatic carbocycles. The van der Waals surface area contributed by atoms with Gasteiger partial charge < -0.3 is 10.5 Å². The van der Waals surface area contributed by atoms with E-state index >= 15 is 0 Å². The number of hydrogen-bond acceptors (Lipinski definition) is 4. The summed E-state index contributed by atoms with van der Waals surface area (Å²) in [5.74, 6) is -0.0792. The summed E-state index contributed by atoms with van der Waals surface area (Å²) in [7, 11) is -1.93. The van der Waals surface area contributed by atoms with Gasteiger partial charge in [-0.3, -0.25) is 0 Å². The van der Waals surface area contributed by atoms with Gasteiger partial charge in [0.15, 0.2) is 9.84 Å². The van der Waals surface area contributed by atoms with E-state index in [0.29, 0.717) is 4.47 Å². The quantitative estimate of drug-likeness (QED) is 0.862. The zero-order chi connectivity index (χ0) is 12.3. The lowest BCUT2D eigenvalue weighted by molar-refractivity contribution is 0.136. The second-order valence-corrected chi connectivity index (χ2v) is 6.43. The Morgan fingerprint density at radius 3 is 2.69 bits per heavy atom. The normalized spacial score (nSPS) is 13.7. The van der Waals surface area contributed by atoms with Crippen LogP contribution >= 0.6 is 15.9 Å². The van der Waals surface area contributed by atoms with Crippen molar-refractivity contribution in [3.63, 3.8) is 0 Å². The largest absolute Gasteiger partial charge is 0.398 e. The number of nitrogen functional groups attached to an aromatic ring is 1. The van der Waals surface area contributed by atoms with Gasteiger partial charge in [0, 0.05) is 11.6 Å². The molecule has 0 bridgehead atoms. The topological polar surface area (TPSA) is 69.4 Å². The molecule has 0 saturated heterocycles. The van der Waals surface area contributed by atoms with Crippen LogP contribution in [0.5, 0.6) is 0 Å². The molecular weight excluding hydrogens is 294 g/mol. The summed E-state index contributed by atoms with van der Waals surface area (Å²) in [5, 5.41) is 0. The van der Waals surface area contributed by atoms with Crippen molar-refractivity contribution < 1.29 is 13.2 Å². The van der Waals surface area contributed by atoms with E-state index in [1.807, 2.05) is 0 Å². The standard InChI is InChI=1S/C10H14BrNO3S/c1-7(15-2)6-16(13,14)10-5-8(11)3-4-9(10)12/h3-5,7H,6,12H2,1-2H3. The molecule has 0 heterocycles. The summed E-state index contributed by atoms with van der Waals surface area (Å²) < 4.78 is 29.6. The molecule has 0 amide bonds. The number of ether oxygens (including phenoxy) is 1. The second-order valence-electron chi connectivity index (χ2n) is 3.51. The van der Waals surface area contributed by atoms with E-state index in [1.165, 1.54) is 13.2 Å². The van der Waals surface area contributed by atoms with Crippen molar-refractivity contribution in [2.45, 2.75) is 17.9 Å². The van der Waals surface area contributed by atoms with Gasteiger partial charge in [-0.2, -0.15) is 0 Å². The molecule has 4 nitrogen and oxygen atoms in total. The molecule has 16 heavy (non-hydrogen) atoms. The van der Waals surface area contributed by atoms with Gasteiger partial charge in [-0.1, -0.05) is 15.9 Å². The first-order valence-corrected chi connectivity index (χ1v) is 7.12. The van der Waals surface area contributed by atoms with Crippen LogP contribution in [-0.4, -0.2) is 27.4 Å². The van der Waals surface area contributed by atoms with Gasteiger partial charge in [0.05, 0.1) is 22.4 Å². The third-order valence-corrected chi connectivity index (χ3v) is 4.59. The van der Waals surface area contributed by atoms with Gasteiger partial charge in [-0.05, 0) is 25.1 Å². The van der Waals surface area contributed by atoms with Crippen molar-refractivity contribution in [2.75, 3.05) is 18.6 Å². The van der Waals surface area contributed by atoms with Crippen LogP contribution in [0.25, 0.3) is 0 Å². The highest BCUT2D eigenvalue weighted by Crippen LogP contribution is 2.24. The molecule has 0 fully saturated rings. The van der Waals surface area contributed by atoms with Crippen LogP contribution in [0, 0.1) is 0 Å². The fourth-order valence-electron chi connectivity index (χ4n) is 1.24. The van der Waals surface area contributed by atoms with Gasteiger partial charge in [0.1, 0.15) is 0 Å². The molecule has 90 valence electrons. The third-order valence-electron chi connectivity index (χ3n) is 2.17. The van der Waals surface area contributed by atoms with E-state index in [1.54, 1.807) is 19.1 Å². The maximum atomic E-state index is 12.0. The molecular formula is C10H14BrNO3S. The molecule has 2 N–H and O–H groups in total. The average molecular weight is 308 g/mol. The molecule has 1 unspecified atom stereocenters. The third kappa shape index (κ3) is 3.20. The fraction of sp³-hybridized carbons (Fsp3) is 0.400. The Morgan fingerprint density at radius 1 is 1.50 bits per heavy atom. The second kappa shape index (κ2) is 5.16. The average Bonchev–Trinajstić information content (AvgIpc) is 2.20. The molecule has 1 atom stereocenters. The van der Waals surface area contributed by atoms with Gasteiger partial charge in [0.2, 0.25) is 0 Å². The van der Waals surface area contributed by atoms with Crippen LogP contribution in [0.2, 0.25) is 0 Å². The van der Waals surface area contributed by atoms with Gasteiger partial charge in [-0.15, -0.1) is 0 Å². The molecule has 6 heteroatoms. The van der Waals surface area contributed by atoms with Crippen LogP contribution in [0.1, 0.15) is 6.92 Å². The molecule has 0 aliphatic heterocycles. The molecule has 0 aromatic heterocycles. The number of nitrogens with two attached hydrogens (primary N) is 1. The van der Waals surface area contributed by atoms with Crippen molar-refractivity contribution in [1.29, 1.82) is 0 Å². The number of sulfone groups is 1. The van der Waals surface area contributed by atoms with Gasteiger partial charge in [-0.25, -0.2) is 8.42 Å². The van der Waals surface area contributed by atoms with E-state index in [9.17, 15) is 8.42 Å². The Labute approximate surface area is 104 Å². The molecule has 1 rings (SSSR count). The van der Waals surface area contributed by atoms with Crippen molar-refractivity contribution in [1.82, 2.24) is 0 Å². The Kier molecular flexibility index (Phi) is 4.35. The molecule has 0 spiro atoms. The molecule has 0 aliphatic rings. The zero-order valence-corrected chi connectivity index (χ0v) is 11.5. The molecule has 1 aromatic rings. The monoisotopic (exact) mass is 307 g/mol. The summed E-state index contributed by atoms with van der Waals surface area (Å²) in [6.07, 6.45) is -0.358.